The minimum atomic E-state index is 0.538. The number of methoxy groups -OCH3 is 1. The summed E-state index contributed by atoms with van der Waals surface area (Å²) in [4.78, 5) is 4.10. The van der Waals surface area contributed by atoms with Crippen LogP contribution in [-0.4, -0.2) is 38.5 Å². The molecule has 0 radical (unpaired) electrons. The molecule has 0 aromatic carbocycles. The summed E-state index contributed by atoms with van der Waals surface area (Å²) in [5, 5.41) is 3.66. The maximum Gasteiger partial charge on any atom is 0.149 e. The molecule has 0 aliphatic heterocycles. The van der Waals surface area contributed by atoms with E-state index >= 15 is 0 Å². The van der Waals surface area contributed by atoms with Gasteiger partial charge >= 0.3 is 0 Å². The van der Waals surface area contributed by atoms with Crippen molar-refractivity contribution in [1.29, 1.82) is 0 Å². The zero-order valence-corrected chi connectivity index (χ0v) is 10.7. The average Bonchev–Trinajstić information content (AvgIpc) is 2.30. The first kappa shape index (κ1) is 14.0. The summed E-state index contributed by atoms with van der Waals surface area (Å²) in [6, 6.07) is 1.67. The van der Waals surface area contributed by atoms with Crippen LogP contribution >= 0.6 is 11.6 Å². The molecule has 0 fully saturated rings. The van der Waals surface area contributed by atoms with Crippen molar-refractivity contribution in [2.45, 2.75) is 6.42 Å². The quantitative estimate of drug-likeness (QED) is 0.697. The normalized spacial score (nSPS) is 10.5. The van der Waals surface area contributed by atoms with Crippen molar-refractivity contribution in [2.75, 3.05) is 44.5 Å². The van der Waals surface area contributed by atoms with Crippen LogP contribution in [0.1, 0.15) is 6.42 Å². The lowest BCUT2D eigenvalue weighted by molar-refractivity contribution is 0.0705. The minimum Gasteiger partial charge on any atom is -0.396 e. The summed E-state index contributed by atoms with van der Waals surface area (Å²) >= 11 is 5.75. The molecule has 96 valence electrons. The molecule has 5 nitrogen and oxygen atoms in total. The van der Waals surface area contributed by atoms with Gasteiger partial charge in [0.05, 0.1) is 23.9 Å². The Bertz CT molecular complexity index is 336. The fourth-order valence-electron chi connectivity index (χ4n) is 1.23. The van der Waals surface area contributed by atoms with Crippen LogP contribution in [0.25, 0.3) is 0 Å². The van der Waals surface area contributed by atoms with Crippen molar-refractivity contribution in [1.82, 2.24) is 4.98 Å². The van der Waals surface area contributed by atoms with Gasteiger partial charge in [0.25, 0.3) is 0 Å². The lowest BCUT2D eigenvalue weighted by Gasteiger charge is -2.08. The third-order valence-corrected chi connectivity index (χ3v) is 2.28. The van der Waals surface area contributed by atoms with Crippen molar-refractivity contribution in [3.63, 3.8) is 0 Å². The summed E-state index contributed by atoms with van der Waals surface area (Å²) in [5.41, 5.74) is 6.30. The number of anilines is 2. The Morgan fingerprint density at radius 1 is 1.41 bits per heavy atom. The highest BCUT2D eigenvalue weighted by atomic mass is 35.5. The number of ether oxygens (including phenoxy) is 2. The Labute approximate surface area is 106 Å². The van der Waals surface area contributed by atoms with Gasteiger partial charge in [0.15, 0.2) is 0 Å². The van der Waals surface area contributed by atoms with Gasteiger partial charge in [0, 0.05) is 26.5 Å². The maximum absolute atomic E-state index is 5.75. The van der Waals surface area contributed by atoms with Crippen LogP contribution in [0, 0.1) is 0 Å². The fraction of sp³-hybridized carbons (Fsp3) is 0.545. The summed E-state index contributed by atoms with van der Waals surface area (Å²) < 4.78 is 10.2. The number of aromatic nitrogens is 1. The molecule has 0 atom stereocenters. The molecule has 0 amide bonds. The fourth-order valence-corrected chi connectivity index (χ4v) is 1.39. The maximum atomic E-state index is 5.75. The molecule has 3 N–H and O–H groups in total. The standard InChI is InChI=1S/C11H18ClN3O2/c1-16-5-6-17-4-2-3-14-11-10(13)7-9(12)8-15-11/h7-8H,2-6,13H2,1H3,(H,14,15). The van der Waals surface area contributed by atoms with Gasteiger partial charge in [-0.1, -0.05) is 11.6 Å². The van der Waals surface area contributed by atoms with E-state index in [1.807, 2.05) is 0 Å². The van der Waals surface area contributed by atoms with Gasteiger partial charge in [0.1, 0.15) is 5.82 Å². The molecule has 1 rings (SSSR count). The van der Waals surface area contributed by atoms with E-state index in [1.54, 1.807) is 19.4 Å². The van der Waals surface area contributed by atoms with Gasteiger partial charge in [-0.2, -0.15) is 0 Å². The van der Waals surface area contributed by atoms with Crippen LogP contribution in [0.4, 0.5) is 11.5 Å². The summed E-state index contributed by atoms with van der Waals surface area (Å²) in [6.07, 6.45) is 2.45. The lowest BCUT2D eigenvalue weighted by Crippen LogP contribution is -2.10. The van der Waals surface area contributed by atoms with E-state index in [2.05, 4.69) is 10.3 Å². The Kier molecular flexibility index (Phi) is 6.69. The van der Waals surface area contributed by atoms with E-state index in [0.717, 1.165) is 13.0 Å². The predicted octanol–water partition coefficient (Wildman–Crippen LogP) is 1.78. The summed E-state index contributed by atoms with van der Waals surface area (Å²) in [7, 11) is 1.65. The first-order valence-corrected chi connectivity index (χ1v) is 5.83. The van der Waals surface area contributed by atoms with Crippen LogP contribution in [0.2, 0.25) is 5.02 Å². The number of hydrogen-bond acceptors (Lipinski definition) is 5. The van der Waals surface area contributed by atoms with Crippen LogP contribution in [0.3, 0.4) is 0 Å². The van der Waals surface area contributed by atoms with Crippen molar-refractivity contribution in [3.05, 3.63) is 17.3 Å². The summed E-state index contributed by atoms with van der Waals surface area (Å²) in [5.74, 6) is 0.659. The third kappa shape index (κ3) is 5.72. The second-order valence-electron chi connectivity index (χ2n) is 3.48. The zero-order chi connectivity index (χ0) is 12.5. The van der Waals surface area contributed by atoms with E-state index in [9.17, 15) is 0 Å². The number of nitrogens with two attached hydrogens (primary N) is 1. The Morgan fingerprint density at radius 3 is 2.94 bits per heavy atom. The zero-order valence-electron chi connectivity index (χ0n) is 9.91. The number of nitrogens with zero attached hydrogens (tertiary/aromatic N) is 1. The van der Waals surface area contributed by atoms with Gasteiger partial charge in [-0.3, -0.25) is 0 Å². The van der Waals surface area contributed by atoms with Gasteiger partial charge in [-0.25, -0.2) is 4.98 Å². The molecule has 1 aromatic heterocycles. The van der Waals surface area contributed by atoms with E-state index in [1.165, 1.54) is 0 Å². The molecule has 17 heavy (non-hydrogen) atoms. The summed E-state index contributed by atoms with van der Waals surface area (Å²) in [6.45, 7) is 2.69. The molecule has 0 saturated heterocycles. The predicted molar refractivity (Wildman–Crippen MR) is 69.5 cm³/mol. The molecule has 0 aliphatic rings. The molecule has 1 heterocycles. The molecular weight excluding hydrogens is 242 g/mol. The van der Waals surface area contributed by atoms with Crippen molar-refractivity contribution >= 4 is 23.1 Å². The lowest BCUT2D eigenvalue weighted by atomic mass is 10.3. The Hall–Kier alpha value is -1.04. The van der Waals surface area contributed by atoms with Crippen LogP contribution in [0.15, 0.2) is 12.3 Å². The minimum absolute atomic E-state index is 0.538. The van der Waals surface area contributed by atoms with Crippen molar-refractivity contribution in [2.24, 2.45) is 0 Å². The topological polar surface area (TPSA) is 69.4 Å². The van der Waals surface area contributed by atoms with Crippen LogP contribution in [0.5, 0.6) is 0 Å². The number of nitrogen functional groups attached to an aromatic ring is 1. The van der Waals surface area contributed by atoms with Crippen LogP contribution < -0.4 is 11.1 Å². The molecule has 0 saturated carbocycles. The van der Waals surface area contributed by atoms with Gasteiger partial charge in [-0.05, 0) is 12.5 Å². The first-order chi connectivity index (χ1) is 8.24. The van der Waals surface area contributed by atoms with Crippen molar-refractivity contribution in [3.8, 4) is 0 Å². The average molecular weight is 260 g/mol. The van der Waals surface area contributed by atoms with Crippen LogP contribution in [-0.2, 0) is 9.47 Å². The number of pyridine rings is 1. The molecular formula is C11H18ClN3O2. The highest BCUT2D eigenvalue weighted by molar-refractivity contribution is 6.30. The van der Waals surface area contributed by atoms with E-state index in [-0.39, 0.29) is 0 Å². The van der Waals surface area contributed by atoms with E-state index < -0.39 is 0 Å². The molecule has 0 aliphatic carbocycles. The van der Waals surface area contributed by atoms with Crippen molar-refractivity contribution < 1.29 is 9.47 Å². The van der Waals surface area contributed by atoms with E-state index in [4.69, 9.17) is 26.8 Å². The smallest absolute Gasteiger partial charge is 0.149 e. The Balaban J connectivity index is 2.14. The largest absolute Gasteiger partial charge is 0.396 e. The number of rotatable bonds is 8. The highest BCUT2D eigenvalue weighted by Gasteiger charge is 2.00. The molecule has 0 bridgehead atoms. The molecule has 0 spiro atoms. The molecule has 6 heteroatoms. The Morgan fingerprint density at radius 2 is 2.24 bits per heavy atom. The second-order valence-corrected chi connectivity index (χ2v) is 3.91. The number of hydrogen-bond donors (Lipinski definition) is 2. The number of nitrogens with one attached hydrogen (secondary N) is 1. The SMILES string of the molecule is COCCOCCCNc1ncc(Cl)cc1N. The second kappa shape index (κ2) is 8.11. The van der Waals surface area contributed by atoms with Gasteiger partial charge < -0.3 is 20.5 Å². The third-order valence-electron chi connectivity index (χ3n) is 2.07. The molecule has 1 aromatic rings. The van der Waals surface area contributed by atoms with E-state index in [0.29, 0.717) is 36.3 Å². The van der Waals surface area contributed by atoms with Gasteiger partial charge in [0.2, 0.25) is 0 Å². The van der Waals surface area contributed by atoms with Gasteiger partial charge in [-0.15, -0.1) is 0 Å². The molecule has 0 unspecified atom stereocenters. The highest BCUT2D eigenvalue weighted by Crippen LogP contribution is 2.18. The number of halogens is 1. The first-order valence-electron chi connectivity index (χ1n) is 5.45. The monoisotopic (exact) mass is 259 g/mol.